The molecule has 3 aromatic rings. The van der Waals surface area contributed by atoms with E-state index in [9.17, 15) is 4.79 Å². The lowest BCUT2D eigenvalue weighted by atomic mass is 10.1. The molecule has 1 N–H and O–H groups in total. The highest BCUT2D eigenvalue weighted by Gasteiger charge is 2.12. The largest absolute Gasteiger partial charge is 0.478 e. The average Bonchev–Trinajstić information content (AvgIpc) is 2.98. The summed E-state index contributed by atoms with van der Waals surface area (Å²) in [4.78, 5) is 16.2. The summed E-state index contributed by atoms with van der Waals surface area (Å²) in [7, 11) is 0. The van der Waals surface area contributed by atoms with Crippen molar-refractivity contribution in [3.63, 3.8) is 0 Å². The van der Waals surface area contributed by atoms with Gasteiger partial charge in [0.15, 0.2) is 4.96 Å². The van der Waals surface area contributed by atoms with Crippen LogP contribution in [0.1, 0.15) is 11.3 Å². The molecule has 1 aromatic carbocycles. The van der Waals surface area contributed by atoms with Crippen molar-refractivity contribution in [1.82, 2.24) is 9.38 Å². The van der Waals surface area contributed by atoms with E-state index in [-0.39, 0.29) is 0 Å². The number of fused-ring (bicyclic) bond motifs is 1. The van der Waals surface area contributed by atoms with E-state index in [1.165, 1.54) is 16.9 Å². The van der Waals surface area contributed by atoms with Crippen LogP contribution in [0.2, 0.25) is 0 Å². The lowest BCUT2D eigenvalue weighted by Crippen LogP contribution is -1.89. The second-order valence-electron chi connectivity index (χ2n) is 4.44. The van der Waals surface area contributed by atoms with Gasteiger partial charge in [-0.2, -0.15) is 0 Å². The predicted molar refractivity (Wildman–Crippen MR) is 79.9 cm³/mol. The molecule has 100 valence electrons. The van der Waals surface area contributed by atoms with Crippen LogP contribution in [0.25, 0.3) is 22.3 Å². The summed E-state index contributed by atoms with van der Waals surface area (Å²) in [5, 5.41) is 10.7. The van der Waals surface area contributed by atoms with Gasteiger partial charge in [0.1, 0.15) is 0 Å². The molecule has 0 bridgehead atoms. The second kappa shape index (κ2) is 4.94. The first-order chi connectivity index (χ1) is 9.65. The SMILES string of the molecule is Cc1ccc(-c2nc3sccn3c2/C=C/C(=O)O)cc1. The van der Waals surface area contributed by atoms with Crippen LogP contribution in [0.15, 0.2) is 41.9 Å². The summed E-state index contributed by atoms with van der Waals surface area (Å²) in [6.07, 6.45) is 4.62. The highest BCUT2D eigenvalue weighted by atomic mass is 32.1. The van der Waals surface area contributed by atoms with Crippen molar-refractivity contribution in [3.8, 4) is 11.3 Å². The van der Waals surface area contributed by atoms with Crippen molar-refractivity contribution in [1.29, 1.82) is 0 Å². The number of thiazole rings is 1. The minimum absolute atomic E-state index is 0.785. The summed E-state index contributed by atoms with van der Waals surface area (Å²) < 4.78 is 1.90. The molecule has 3 rings (SSSR count). The molecule has 0 aliphatic rings. The number of hydrogen-bond acceptors (Lipinski definition) is 3. The fourth-order valence-corrected chi connectivity index (χ4v) is 2.76. The van der Waals surface area contributed by atoms with Crippen molar-refractivity contribution in [2.75, 3.05) is 0 Å². The van der Waals surface area contributed by atoms with Gasteiger partial charge in [-0.05, 0) is 13.0 Å². The molecule has 0 spiro atoms. The molecule has 0 saturated carbocycles. The molecule has 2 heterocycles. The van der Waals surface area contributed by atoms with Gasteiger partial charge in [0, 0.05) is 23.2 Å². The molecule has 0 unspecified atom stereocenters. The fourth-order valence-electron chi connectivity index (χ4n) is 2.04. The normalized spacial score (nSPS) is 11.4. The van der Waals surface area contributed by atoms with E-state index in [4.69, 9.17) is 5.11 Å². The van der Waals surface area contributed by atoms with E-state index < -0.39 is 5.97 Å². The van der Waals surface area contributed by atoms with Crippen molar-refractivity contribution in [3.05, 3.63) is 53.2 Å². The molecular formula is C15H12N2O2S. The number of carboxylic acids is 1. The number of nitrogens with zero attached hydrogens (tertiary/aromatic N) is 2. The number of aromatic nitrogens is 2. The first-order valence-corrected chi connectivity index (χ1v) is 6.97. The third kappa shape index (κ3) is 2.23. The van der Waals surface area contributed by atoms with E-state index in [0.717, 1.165) is 28.0 Å². The summed E-state index contributed by atoms with van der Waals surface area (Å²) in [6, 6.07) is 8.04. The predicted octanol–water partition coefficient (Wildman–Crippen LogP) is 3.47. The number of benzene rings is 1. The molecule has 0 atom stereocenters. The topological polar surface area (TPSA) is 54.6 Å². The maximum Gasteiger partial charge on any atom is 0.328 e. The number of rotatable bonds is 3. The molecule has 5 heteroatoms. The molecule has 0 aliphatic heterocycles. The first kappa shape index (κ1) is 12.6. The van der Waals surface area contributed by atoms with Crippen LogP contribution in [0.5, 0.6) is 0 Å². The number of aryl methyl sites for hydroxylation is 1. The number of carboxylic acid groups (broad SMARTS) is 1. The van der Waals surface area contributed by atoms with Crippen LogP contribution in [0, 0.1) is 6.92 Å². The maximum absolute atomic E-state index is 10.7. The Balaban J connectivity index is 2.18. The van der Waals surface area contributed by atoms with Gasteiger partial charge in [0.2, 0.25) is 0 Å². The molecule has 0 radical (unpaired) electrons. The lowest BCUT2D eigenvalue weighted by molar-refractivity contribution is -0.131. The maximum atomic E-state index is 10.7. The standard InChI is InChI=1S/C15H12N2O2S/c1-10-2-4-11(5-3-10)14-12(6-7-13(18)19)17-8-9-20-15(17)16-14/h2-9H,1H3,(H,18,19)/b7-6+. The molecular weight excluding hydrogens is 272 g/mol. The van der Waals surface area contributed by atoms with E-state index in [0.29, 0.717) is 0 Å². The van der Waals surface area contributed by atoms with Crippen molar-refractivity contribution < 1.29 is 9.90 Å². The molecule has 0 fully saturated rings. The van der Waals surface area contributed by atoms with Crippen LogP contribution in [0.3, 0.4) is 0 Å². The van der Waals surface area contributed by atoms with Gasteiger partial charge in [-0.15, -0.1) is 11.3 Å². The van der Waals surface area contributed by atoms with E-state index in [1.54, 1.807) is 6.08 Å². The van der Waals surface area contributed by atoms with Gasteiger partial charge in [0.05, 0.1) is 11.4 Å². The van der Waals surface area contributed by atoms with Gasteiger partial charge in [-0.3, -0.25) is 4.40 Å². The van der Waals surface area contributed by atoms with Gasteiger partial charge >= 0.3 is 5.97 Å². The van der Waals surface area contributed by atoms with Crippen LogP contribution >= 0.6 is 11.3 Å². The third-order valence-corrected chi connectivity index (χ3v) is 3.76. The minimum atomic E-state index is -0.968. The van der Waals surface area contributed by atoms with Crippen molar-refractivity contribution in [2.24, 2.45) is 0 Å². The van der Waals surface area contributed by atoms with E-state index in [1.807, 2.05) is 47.2 Å². The van der Waals surface area contributed by atoms with Crippen molar-refractivity contribution >= 4 is 28.3 Å². The number of hydrogen-bond donors (Lipinski definition) is 1. The van der Waals surface area contributed by atoms with Crippen LogP contribution in [-0.4, -0.2) is 20.5 Å². The Morgan fingerprint density at radius 2 is 2.10 bits per heavy atom. The van der Waals surface area contributed by atoms with Crippen LogP contribution in [-0.2, 0) is 4.79 Å². The second-order valence-corrected chi connectivity index (χ2v) is 5.31. The first-order valence-electron chi connectivity index (χ1n) is 6.09. The monoisotopic (exact) mass is 284 g/mol. The average molecular weight is 284 g/mol. The van der Waals surface area contributed by atoms with Gasteiger partial charge in [0.25, 0.3) is 0 Å². The number of aliphatic carboxylic acids is 1. The molecule has 20 heavy (non-hydrogen) atoms. The van der Waals surface area contributed by atoms with Crippen LogP contribution < -0.4 is 0 Å². The molecule has 2 aromatic heterocycles. The summed E-state index contributed by atoms with van der Waals surface area (Å²) >= 11 is 1.52. The Hall–Kier alpha value is -2.40. The Kier molecular flexibility index (Phi) is 3.12. The summed E-state index contributed by atoms with van der Waals surface area (Å²) in [6.45, 7) is 2.03. The Morgan fingerprint density at radius 1 is 1.35 bits per heavy atom. The zero-order valence-corrected chi connectivity index (χ0v) is 11.6. The highest BCUT2D eigenvalue weighted by Crippen LogP contribution is 2.27. The smallest absolute Gasteiger partial charge is 0.328 e. The number of carbonyl (C=O) groups is 1. The highest BCUT2D eigenvalue weighted by molar-refractivity contribution is 7.15. The molecule has 0 amide bonds. The summed E-state index contributed by atoms with van der Waals surface area (Å²) in [5.41, 5.74) is 3.75. The molecule has 0 saturated heterocycles. The lowest BCUT2D eigenvalue weighted by Gasteiger charge is -2.00. The van der Waals surface area contributed by atoms with E-state index >= 15 is 0 Å². The Bertz CT molecular complexity index is 797. The third-order valence-electron chi connectivity index (χ3n) is 3.01. The Morgan fingerprint density at radius 3 is 2.80 bits per heavy atom. The fraction of sp³-hybridized carbons (Fsp3) is 0.0667. The van der Waals surface area contributed by atoms with Gasteiger partial charge < -0.3 is 5.11 Å². The zero-order valence-electron chi connectivity index (χ0n) is 10.8. The Labute approximate surface area is 119 Å². The quantitative estimate of drug-likeness (QED) is 0.749. The van der Waals surface area contributed by atoms with Gasteiger partial charge in [-0.1, -0.05) is 29.8 Å². The summed E-state index contributed by atoms with van der Waals surface area (Å²) in [5.74, 6) is -0.968. The van der Waals surface area contributed by atoms with Gasteiger partial charge in [-0.25, -0.2) is 9.78 Å². The van der Waals surface area contributed by atoms with Crippen LogP contribution in [0.4, 0.5) is 0 Å². The van der Waals surface area contributed by atoms with Crippen molar-refractivity contribution in [2.45, 2.75) is 6.92 Å². The van der Waals surface area contributed by atoms with E-state index in [2.05, 4.69) is 4.98 Å². The molecule has 0 aliphatic carbocycles. The zero-order chi connectivity index (χ0) is 14.1. The number of imidazole rings is 1. The minimum Gasteiger partial charge on any atom is -0.478 e. The molecule has 4 nitrogen and oxygen atoms in total.